The van der Waals surface area contributed by atoms with E-state index in [0.29, 0.717) is 30.2 Å². The number of fused-ring (bicyclic) bond motifs is 1. The van der Waals surface area contributed by atoms with E-state index in [1.807, 2.05) is 30.2 Å². The van der Waals surface area contributed by atoms with Crippen molar-refractivity contribution in [2.75, 3.05) is 25.0 Å². The minimum Gasteiger partial charge on any atom is -0.367 e. The van der Waals surface area contributed by atoms with Crippen LogP contribution in [0.2, 0.25) is 0 Å². The second-order valence-corrected chi connectivity index (χ2v) is 7.41. The fourth-order valence-corrected chi connectivity index (χ4v) is 3.68. The van der Waals surface area contributed by atoms with Gasteiger partial charge in [-0.25, -0.2) is 24.9 Å². The summed E-state index contributed by atoms with van der Waals surface area (Å²) in [6.45, 7) is 8.79. The highest BCUT2D eigenvalue weighted by molar-refractivity contribution is 5.86. The highest BCUT2D eigenvalue weighted by Gasteiger charge is 2.24. The molecule has 1 fully saturated rings. The number of carbonyl (C=O) groups excluding carboxylic acids is 1. The van der Waals surface area contributed by atoms with Gasteiger partial charge in [0.2, 0.25) is 5.91 Å². The number of likely N-dealkylation sites (tertiary alicyclic amines) is 1. The van der Waals surface area contributed by atoms with Crippen molar-refractivity contribution in [3.8, 4) is 11.4 Å². The van der Waals surface area contributed by atoms with E-state index < -0.39 is 0 Å². The fraction of sp³-hybridized carbons (Fsp3) is 0.500. The molecule has 1 N–H and O–H groups in total. The Morgan fingerprint density at radius 2 is 1.90 bits per heavy atom. The monoisotopic (exact) mass is 394 g/mol. The van der Waals surface area contributed by atoms with E-state index in [9.17, 15) is 4.79 Å². The largest absolute Gasteiger partial charge is 0.367 e. The van der Waals surface area contributed by atoms with Crippen molar-refractivity contribution in [2.45, 2.75) is 40.2 Å². The van der Waals surface area contributed by atoms with Crippen LogP contribution in [0.15, 0.2) is 18.7 Å². The molecule has 0 saturated carbocycles. The number of aromatic nitrogens is 6. The standard InChI is InChI=1S/C20H26N8O/c1-4-28-18(15-10-21-14(3)22-11-15)26-16-17(24-12-25-19(16)28)23-9-13(2)20(29)27-7-5-6-8-27/h10-13H,4-9H2,1-3H3,(H,23,24,25). The fourth-order valence-electron chi connectivity index (χ4n) is 3.68. The van der Waals surface area contributed by atoms with Crippen LogP contribution in [-0.4, -0.2) is 59.9 Å². The van der Waals surface area contributed by atoms with Gasteiger partial charge in [-0.15, -0.1) is 0 Å². The first-order chi connectivity index (χ1) is 14.1. The van der Waals surface area contributed by atoms with E-state index in [1.54, 1.807) is 12.4 Å². The predicted molar refractivity (Wildman–Crippen MR) is 110 cm³/mol. The molecule has 1 amide bonds. The number of nitrogens with one attached hydrogen (secondary N) is 1. The molecular formula is C20H26N8O. The smallest absolute Gasteiger partial charge is 0.227 e. The molecule has 9 nitrogen and oxygen atoms in total. The van der Waals surface area contributed by atoms with E-state index in [0.717, 1.165) is 43.0 Å². The predicted octanol–water partition coefficient (Wildman–Crippen LogP) is 2.28. The quantitative estimate of drug-likeness (QED) is 0.684. The highest BCUT2D eigenvalue weighted by atomic mass is 16.2. The van der Waals surface area contributed by atoms with Crippen molar-refractivity contribution < 1.29 is 4.79 Å². The number of amides is 1. The number of rotatable bonds is 6. The van der Waals surface area contributed by atoms with Crippen molar-refractivity contribution in [1.82, 2.24) is 34.4 Å². The molecule has 3 aromatic rings. The second kappa shape index (κ2) is 8.10. The highest BCUT2D eigenvalue weighted by Crippen LogP contribution is 2.26. The Morgan fingerprint density at radius 3 is 2.59 bits per heavy atom. The Labute approximate surface area is 169 Å². The summed E-state index contributed by atoms with van der Waals surface area (Å²) in [7, 11) is 0. The molecule has 0 bridgehead atoms. The van der Waals surface area contributed by atoms with Crippen molar-refractivity contribution >= 4 is 22.9 Å². The summed E-state index contributed by atoms with van der Waals surface area (Å²) in [5.74, 6) is 2.17. The molecule has 0 radical (unpaired) electrons. The number of carbonyl (C=O) groups is 1. The molecule has 1 unspecified atom stereocenters. The maximum Gasteiger partial charge on any atom is 0.227 e. The van der Waals surface area contributed by atoms with E-state index in [-0.39, 0.29) is 11.8 Å². The van der Waals surface area contributed by atoms with E-state index >= 15 is 0 Å². The van der Waals surface area contributed by atoms with Crippen LogP contribution in [0.1, 0.15) is 32.5 Å². The number of aryl methyl sites for hydroxylation is 2. The number of imidazole rings is 1. The second-order valence-electron chi connectivity index (χ2n) is 7.41. The van der Waals surface area contributed by atoms with Gasteiger partial charge in [0.25, 0.3) is 0 Å². The number of anilines is 1. The lowest BCUT2D eigenvalue weighted by atomic mass is 10.1. The maximum absolute atomic E-state index is 12.6. The van der Waals surface area contributed by atoms with Gasteiger partial charge in [-0.1, -0.05) is 6.92 Å². The van der Waals surface area contributed by atoms with Crippen LogP contribution in [0.3, 0.4) is 0 Å². The third kappa shape index (κ3) is 3.76. The van der Waals surface area contributed by atoms with Gasteiger partial charge >= 0.3 is 0 Å². The lowest BCUT2D eigenvalue weighted by Gasteiger charge is -2.20. The van der Waals surface area contributed by atoms with Crippen LogP contribution in [0.4, 0.5) is 5.82 Å². The molecule has 152 valence electrons. The van der Waals surface area contributed by atoms with E-state index in [1.165, 1.54) is 6.33 Å². The molecule has 4 rings (SSSR count). The zero-order valence-corrected chi connectivity index (χ0v) is 17.1. The minimum atomic E-state index is -0.128. The number of hydrogen-bond donors (Lipinski definition) is 1. The molecule has 29 heavy (non-hydrogen) atoms. The number of nitrogens with zero attached hydrogens (tertiary/aromatic N) is 7. The zero-order chi connectivity index (χ0) is 20.4. The summed E-state index contributed by atoms with van der Waals surface area (Å²) < 4.78 is 2.02. The lowest BCUT2D eigenvalue weighted by Crippen LogP contribution is -2.35. The van der Waals surface area contributed by atoms with Crippen LogP contribution >= 0.6 is 0 Å². The van der Waals surface area contributed by atoms with Crippen LogP contribution in [-0.2, 0) is 11.3 Å². The summed E-state index contributed by atoms with van der Waals surface area (Å²) in [5, 5.41) is 3.31. The van der Waals surface area contributed by atoms with Gasteiger partial charge in [-0.05, 0) is 26.7 Å². The molecule has 1 aliphatic heterocycles. The molecule has 4 heterocycles. The first kappa shape index (κ1) is 19.2. The first-order valence-corrected chi connectivity index (χ1v) is 10.1. The van der Waals surface area contributed by atoms with E-state index in [4.69, 9.17) is 4.98 Å². The maximum atomic E-state index is 12.6. The minimum absolute atomic E-state index is 0.128. The van der Waals surface area contributed by atoms with Crippen LogP contribution in [0.5, 0.6) is 0 Å². The first-order valence-electron chi connectivity index (χ1n) is 10.1. The van der Waals surface area contributed by atoms with Crippen LogP contribution < -0.4 is 5.32 Å². The van der Waals surface area contributed by atoms with Gasteiger partial charge in [-0.3, -0.25) is 4.79 Å². The molecule has 1 aliphatic rings. The Hall–Kier alpha value is -3.10. The molecule has 0 aliphatic carbocycles. The molecule has 1 atom stereocenters. The van der Waals surface area contributed by atoms with Gasteiger partial charge in [0.05, 0.1) is 11.5 Å². The molecule has 0 spiro atoms. The summed E-state index contributed by atoms with van der Waals surface area (Å²) in [6, 6.07) is 0. The normalized spacial score (nSPS) is 15.1. The van der Waals surface area contributed by atoms with Crippen molar-refractivity contribution in [1.29, 1.82) is 0 Å². The van der Waals surface area contributed by atoms with Gasteiger partial charge in [0, 0.05) is 38.6 Å². The zero-order valence-electron chi connectivity index (χ0n) is 17.1. The Kier molecular flexibility index (Phi) is 5.37. The van der Waals surface area contributed by atoms with Crippen LogP contribution in [0.25, 0.3) is 22.6 Å². The summed E-state index contributed by atoms with van der Waals surface area (Å²) in [5.41, 5.74) is 2.27. The lowest BCUT2D eigenvalue weighted by molar-refractivity contribution is -0.133. The summed E-state index contributed by atoms with van der Waals surface area (Å²) >= 11 is 0. The van der Waals surface area contributed by atoms with Crippen molar-refractivity contribution in [3.63, 3.8) is 0 Å². The Balaban J connectivity index is 1.60. The average Bonchev–Trinajstić information content (AvgIpc) is 3.40. The molecule has 9 heteroatoms. The van der Waals surface area contributed by atoms with Gasteiger partial charge in [0.15, 0.2) is 17.0 Å². The van der Waals surface area contributed by atoms with Crippen molar-refractivity contribution in [3.05, 3.63) is 24.5 Å². The van der Waals surface area contributed by atoms with Gasteiger partial charge < -0.3 is 14.8 Å². The van der Waals surface area contributed by atoms with Crippen molar-refractivity contribution in [2.24, 2.45) is 5.92 Å². The number of hydrogen-bond acceptors (Lipinski definition) is 7. The van der Waals surface area contributed by atoms with Gasteiger partial charge in [0.1, 0.15) is 18.0 Å². The molecule has 3 aromatic heterocycles. The third-order valence-corrected chi connectivity index (χ3v) is 5.30. The van der Waals surface area contributed by atoms with Crippen LogP contribution in [0, 0.1) is 12.8 Å². The molecule has 1 saturated heterocycles. The Morgan fingerprint density at radius 1 is 1.17 bits per heavy atom. The molecule has 0 aromatic carbocycles. The Bertz CT molecular complexity index is 1010. The summed E-state index contributed by atoms with van der Waals surface area (Å²) in [4.78, 5) is 36.7. The average molecular weight is 394 g/mol. The summed E-state index contributed by atoms with van der Waals surface area (Å²) in [6.07, 6.45) is 7.26. The van der Waals surface area contributed by atoms with E-state index in [2.05, 4.69) is 25.3 Å². The topological polar surface area (TPSA) is 102 Å². The van der Waals surface area contributed by atoms with Gasteiger partial charge in [-0.2, -0.15) is 0 Å². The SMILES string of the molecule is CCn1c(-c2cnc(C)nc2)nc2c(NCC(C)C(=O)N3CCCC3)ncnc21. The molecular weight excluding hydrogens is 368 g/mol. The third-order valence-electron chi connectivity index (χ3n) is 5.30.